The second-order valence-electron chi connectivity index (χ2n) is 6.60. The first kappa shape index (κ1) is 21.7. The van der Waals surface area contributed by atoms with Gasteiger partial charge in [-0.3, -0.25) is 0 Å². The van der Waals surface area contributed by atoms with E-state index in [9.17, 15) is 9.59 Å². The lowest BCUT2D eigenvalue weighted by molar-refractivity contribution is -0.146. The molecule has 30 heavy (non-hydrogen) atoms. The summed E-state index contributed by atoms with van der Waals surface area (Å²) in [6, 6.07) is 13.6. The largest absolute Gasteiger partial charge is 0.497 e. The summed E-state index contributed by atoms with van der Waals surface area (Å²) in [6.45, 7) is 4.21. The topological polar surface area (TPSA) is 65.1 Å². The highest BCUT2D eigenvalue weighted by Gasteiger charge is 2.43. The van der Waals surface area contributed by atoms with Gasteiger partial charge in [-0.15, -0.1) is 0 Å². The summed E-state index contributed by atoms with van der Waals surface area (Å²) >= 11 is 6.04. The van der Waals surface area contributed by atoms with Crippen LogP contribution in [0.1, 0.15) is 19.4 Å². The van der Waals surface area contributed by atoms with Crippen molar-refractivity contribution in [2.45, 2.75) is 19.9 Å². The number of carbonyl (C=O) groups is 2. The number of ether oxygens (including phenoxy) is 3. The SMILES string of the molecule is CCOC(=O)C1=C(c2ccc(Cl)cc2)CN(c2ccc(OC)cc2)C1C(=O)OCC. The fraction of sp³-hybridized carbons (Fsp3) is 0.304. The smallest absolute Gasteiger partial charge is 0.337 e. The van der Waals surface area contributed by atoms with Crippen molar-refractivity contribution >= 4 is 34.8 Å². The maximum absolute atomic E-state index is 13.0. The quantitative estimate of drug-likeness (QED) is 0.617. The molecule has 0 amide bonds. The van der Waals surface area contributed by atoms with Gasteiger partial charge >= 0.3 is 11.9 Å². The molecule has 0 radical (unpaired) electrons. The van der Waals surface area contributed by atoms with E-state index in [0.29, 0.717) is 22.9 Å². The van der Waals surface area contributed by atoms with Crippen molar-refractivity contribution in [2.24, 2.45) is 0 Å². The van der Waals surface area contributed by atoms with Crippen LogP contribution in [0.15, 0.2) is 54.1 Å². The summed E-state index contributed by atoms with van der Waals surface area (Å²) in [6.07, 6.45) is 0. The zero-order valence-electron chi connectivity index (χ0n) is 17.2. The Morgan fingerprint density at radius 2 is 1.63 bits per heavy atom. The van der Waals surface area contributed by atoms with Crippen LogP contribution >= 0.6 is 11.6 Å². The van der Waals surface area contributed by atoms with Crippen LogP contribution in [0.25, 0.3) is 5.57 Å². The van der Waals surface area contributed by atoms with Gasteiger partial charge in [-0.25, -0.2) is 9.59 Å². The third-order valence-corrected chi connectivity index (χ3v) is 5.09. The van der Waals surface area contributed by atoms with Crippen molar-refractivity contribution < 1.29 is 23.8 Å². The molecule has 158 valence electrons. The van der Waals surface area contributed by atoms with E-state index in [4.69, 9.17) is 25.8 Å². The monoisotopic (exact) mass is 429 g/mol. The normalized spacial score (nSPS) is 15.9. The summed E-state index contributed by atoms with van der Waals surface area (Å²) in [5.41, 5.74) is 2.56. The summed E-state index contributed by atoms with van der Waals surface area (Å²) in [5.74, 6) is -0.334. The van der Waals surface area contributed by atoms with E-state index in [-0.39, 0.29) is 18.8 Å². The van der Waals surface area contributed by atoms with Gasteiger partial charge in [-0.1, -0.05) is 23.7 Å². The van der Waals surface area contributed by atoms with Crippen LogP contribution in [-0.2, 0) is 19.1 Å². The van der Waals surface area contributed by atoms with Gasteiger partial charge in [0.1, 0.15) is 5.75 Å². The molecule has 0 N–H and O–H groups in total. The molecule has 0 bridgehead atoms. The van der Waals surface area contributed by atoms with E-state index in [0.717, 1.165) is 11.3 Å². The highest BCUT2D eigenvalue weighted by Crippen LogP contribution is 2.37. The predicted octanol–water partition coefficient (Wildman–Crippen LogP) is 4.12. The van der Waals surface area contributed by atoms with Crippen LogP contribution in [0, 0.1) is 0 Å². The van der Waals surface area contributed by atoms with Gasteiger partial charge in [0.15, 0.2) is 6.04 Å². The molecule has 2 aromatic rings. The van der Waals surface area contributed by atoms with Gasteiger partial charge in [-0.2, -0.15) is 0 Å². The maximum atomic E-state index is 13.0. The molecule has 2 aromatic carbocycles. The van der Waals surface area contributed by atoms with Crippen molar-refractivity contribution in [3.8, 4) is 5.75 Å². The summed E-state index contributed by atoms with van der Waals surface area (Å²) in [5, 5.41) is 0.587. The Morgan fingerprint density at radius 1 is 1.00 bits per heavy atom. The minimum atomic E-state index is -0.914. The van der Waals surface area contributed by atoms with Gasteiger partial charge in [-0.05, 0) is 61.4 Å². The fourth-order valence-electron chi connectivity index (χ4n) is 3.49. The third-order valence-electron chi connectivity index (χ3n) is 4.84. The van der Waals surface area contributed by atoms with Crippen molar-refractivity contribution in [3.63, 3.8) is 0 Å². The molecule has 0 fully saturated rings. The molecule has 1 unspecified atom stereocenters. The number of anilines is 1. The Balaban J connectivity index is 2.12. The molecule has 7 heteroatoms. The Kier molecular flexibility index (Phi) is 7.00. The number of methoxy groups -OCH3 is 1. The number of benzene rings is 2. The van der Waals surface area contributed by atoms with E-state index in [1.54, 1.807) is 33.1 Å². The number of halogens is 1. The molecule has 0 aromatic heterocycles. The van der Waals surface area contributed by atoms with E-state index < -0.39 is 18.0 Å². The van der Waals surface area contributed by atoms with Crippen LogP contribution in [0.5, 0.6) is 5.75 Å². The van der Waals surface area contributed by atoms with Gasteiger partial charge in [0, 0.05) is 17.3 Å². The van der Waals surface area contributed by atoms with Crippen molar-refractivity contribution in [2.75, 3.05) is 31.8 Å². The molecule has 0 saturated heterocycles. The zero-order valence-corrected chi connectivity index (χ0v) is 17.9. The van der Waals surface area contributed by atoms with Crippen LogP contribution in [-0.4, -0.2) is 44.8 Å². The Labute approximate surface area is 181 Å². The first-order chi connectivity index (χ1) is 14.5. The predicted molar refractivity (Wildman–Crippen MR) is 116 cm³/mol. The fourth-order valence-corrected chi connectivity index (χ4v) is 3.62. The second kappa shape index (κ2) is 9.67. The highest BCUT2D eigenvalue weighted by atomic mass is 35.5. The van der Waals surface area contributed by atoms with Gasteiger partial charge < -0.3 is 19.1 Å². The molecule has 0 spiro atoms. The Hall–Kier alpha value is -2.99. The minimum Gasteiger partial charge on any atom is -0.497 e. The average molecular weight is 430 g/mol. The lowest BCUT2D eigenvalue weighted by atomic mass is 9.99. The first-order valence-corrected chi connectivity index (χ1v) is 10.1. The van der Waals surface area contributed by atoms with Gasteiger partial charge in [0.2, 0.25) is 0 Å². The summed E-state index contributed by atoms with van der Waals surface area (Å²) < 4.78 is 15.8. The maximum Gasteiger partial charge on any atom is 0.337 e. The Bertz CT molecular complexity index is 937. The molecule has 6 nitrogen and oxygen atoms in total. The van der Waals surface area contributed by atoms with Gasteiger partial charge in [0.05, 0.1) is 25.9 Å². The van der Waals surface area contributed by atoms with Crippen LogP contribution in [0.4, 0.5) is 5.69 Å². The number of hydrogen-bond acceptors (Lipinski definition) is 6. The summed E-state index contributed by atoms with van der Waals surface area (Å²) in [7, 11) is 1.59. The zero-order chi connectivity index (χ0) is 21.7. The Morgan fingerprint density at radius 3 is 2.20 bits per heavy atom. The van der Waals surface area contributed by atoms with E-state index >= 15 is 0 Å². The van der Waals surface area contributed by atoms with E-state index in [1.807, 2.05) is 41.3 Å². The summed E-state index contributed by atoms with van der Waals surface area (Å²) in [4.78, 5) is 27.7. The molecule has 0 saturated carbocycles. The molecule has 1 atom stereocenters. The van der Waals surface area contributed by atoms with Crippen molar-refractivity contribution in [1.29, 1.82) is 0 Å². The highest BCUT2D eigenvalue weighted by molar-refractivity contribution is 6.30. The molecule has 3 rings (SSSR count). The molecular weight excluding hydrogens is 406 g/mol. The van der Waals surface area contributed by atoms with Crippen molar-refractivity contribution in [1.82, 2.24) is 0 Å². The first-order valence-electron chi connectivity index (χ1n) is 9.73. The van der Waals surface area contributed by atoms with E-state index in [1.165, 1.54) is 0 Å². The molecule has 1 heterocycles. The molecule has 1 aliphatic heterocycles. The van der Waals surface area contributed by atoms with Gasteiger partial charge in [0.25, 0.3) is 0 Å². The van der Waals surface area contributed by atoms with E-state index in [2.05, 4.69) is 0 Å². The van der Waals surface area contributed by atoms with Crippen molar-refractivity contribution in [3.05, 3.63) is 64.7 Å². The molecule has 0 aliphatic carbocycles. The lowest BCUT2D eigenvalue weighted by Gasteiger charge is -2.27. The average Bonchev–Trinajstić information content (AvgIpc) is 3.15. The minimum absolute atomic E-state index is 0.203. The van der Waals surface area contributed by atoms with Crippen LogP contribution < -0.4 is 9.64 Å². The number of nitrogens with zero attached hydrogens (tertiary/aromatic N) is 1. The number of hydrogen-bond donors (Lipinski definition) is 0. The van der Waals surface area contributed by atoms with Crippen LogP contribution in [0.3, 0.4) is 0 Å². The number of rotatable bonds is 7. The number of esters is 2. The molecule has 1 aliphatic rings. The lowest BCUT2D eigenvalue weighted by Crippen LogP contribution is -2.41. The second-order valence-corrected chi connectivity index (χ2v) is 7.04. The van der Waals surface area contributed by atoms with Crippen LogP contribution in [0.2, 0.25) is 5.02 Å². The third kappa shape index (κ3) is 4.44. The molecular formula is C23H24ClNO5. The standard InChI is InChI=1S/C23H24ClNO5/c1-4-29-22(26)20-19(15-6-8-16(24)9-7-15)14-25(21(20)23(27)30-5-2)17-10-12-18(28-3)13-11-17/h6-13,21H,4-5,14H2,1-3H3. The number of carbonyl (C=O) groups excluding carboxylic acids is 2.